The lowest BCUT2D eigenvalue weighted by Crippen LogP contribution is -2.31. The lowest BCUT2D eigenvalue weighted by atomic mass is 9.83. The number of aromatic nitrogens is 1. The van der Waals surface area contributed by atoms with Crippen LogP contribution < -0.4 is 16.0 Å². The molecule has 0 unspecified atom stereocenters. The molecule has 0 spiro atoms. The number of fused-ring (bicyclic) bond motifs is 1. The number of aryl methyl sites for hydroxylation is 1. The minimum absolute atomic E-state index is 0.00600. The van der Waals surface area contributed by atoms with Crippen molar-refractivity contribution in [2.45, 2.75) is 12.8 Å². The molecule has 1 aromatic heterocycles. The van der Waals surface area contributed by atoms with Crippen LogP contribution in [-0.4, -0.2) is 18.1 Å². The predicted molar refractivity (Wildman–Crippen MR) is 94.0 cm³/mol. The SMILES string of the molecule is COC(=O)C1=C(N)Oc2cc(C)[nH]c(=O)c2[C@H]1c1cccc(Cl)c1Cl. The van der Waals surface area contributed by atoms with E-state index in [1.165, 1.54) is 7.11 Å². The molecule has 0 bridgehead atoms. The third kappa shape index (κ3) is 2.88. The van der Waals surface area contributed by atoms with Crippen molar-refractivity contribution in [1.29, 1.82) is 0 Å². The van der Waals surface area contributed by atoms with Crippen molar-refractivity contribution in [1.82, 2.24) is 4.98 Å². The lowest BCUT2D eigenvalue weighted by Gasteiger charge is -2.28. The molecular weight excluding hydrogens is 367 g/mol. The number of ether oxygens (including phenoxy) is 2. The van der Waals surface area contributed by atoms with Crippen molar-refractivity contribution in [3.63, 3.8) is 0 Å². The van der Waals surface area contributed by atoms with Crippen molar-refractivity contribution in [2.75, 3.05) is 7.11 Å². The van der Waals surface area contributed by atoms with E-state index in [0.29, 0.717) is 16.3 Å². The smallest absolute Gasteiger partial charge is 0.340 e. The first-order valence-corrected chi connectivity index (χ1v) is 8.04. The highest BCUT2D eigenvalue weighted by Gasteiger charge is 2.38. The fourth-order valence-corrected chi connectivity index (χ4v) is 3.29. The number of rotatable bonds is 2. The summed E-state index contributed by atoms with van der Waals surface area (Å²) in [7, 11) is 1.22. The molecule has 130 valence electrons. The Bertz CT molecular complexity index is 966. The Kier molecular flexibility index (Phi) is 4.49. The third-order valence-corrected chi connectivity index (χ3v) is 4.76. The number of halogens is 2. The summed E-state index contributed by atoms with van der Waals surface area (Å²) in [5, 5.41) is 0.509. The van der Waals surface area contributed by atoms with Crippen LogP contribution in [-0.2, 0) is 9.53 Å². The number of H-pyrrole nitrogens is 1. The number of benzene rings is 1. The number of aromatic amines is 1. The summed E-state index contributed by atoms with van der Waals surface area (Å²) in [6, 6.07) is 6.58. The van der Waals surface area contributed by atoms with Gasteiger partial charge in [0.1, 0.15) is 11.3 Å². The first kappa shape index (κ1) is 17.4. The van der Waals surface area contributed by atoms with E-state index >= 15 is 0 Å². The van der Waals surface area contributed by atoms with E-state index in [4.69, 9.17) is 38.4 Å². The zero-order valence-electron chi connectivity index (χ0n) is 13.4. The van der Waals surface area contributed by atoms with E-state index in [2.05, 4.69) is 4.98 Å². The fraction of sp³-hybridized carbons (Fsp3) is 0.176. The Labute approximate surface area is 153 Å². The fourth-order valence-electron chi connectivity index (χ4n) is 2.87. The molecule has 1 aromatic carbocycles. The second-order valence-electron chi connectivity index (χ2n) is 5.51. The minimum Gasteiger partial charge on any atom is -0.465 e. The van der Waals surface area contributed by atoms with Crippen molar-refractivity contribution in [2.24, 2.45) is 5.73 Å². The van der Waals surface area contributed by atoms with Crippen LogP contribution in [0.5, 0.6) is 5.75 Å². The van der Waals surface area contributed by atoms with Crippen molar-refractivity contribution in [3.8, 4) is 5.75 Å². The number of nitrogens with one attached hydrogen (secondary N) is 1. The number of methoxy groups -OCH3 is 1. The average Bonchev–Trinajstić information content (AvgIpc) is 2.55. The number of carbonyl (C=O) groups excluding carboxylic acids is 1. The highest BCUT2D eigenvalue weighted by Crippen LogP contribution is 2.44. The Balaban J connectivity index is 2.37. The van der Waals surface area contributed by atoms with Gasteiger partial charge >= 0.3 is 5.97 Å². The number of esters is 1. The largest absolute Gasteiger partial charge is 0.465 e. The van der Waals surface area contributed by atoms with Gasteiger partial charge in [0, 0.05) is 11.8 Å². The maximum absolute atomic E-state index is 12.6. The minimum atomic E-state index is -0.869. The van der Waals surface area contributed by atoms with E-state index in [1.807, 2.05) is 0 Å². The average molecular weight is 381 g/mol. The molecule has 0 saturated heterocycles. The Hall–Kier alpha value is -2.44. The third-order valence-electron chi connectivity index (χ3n) is 3.93. The van der Waals surface area contributed by atoms with Crippen LogP contribution in [0.4, 0.5) is 0 Å². The Morgan fingerprint density at radius 2 is 2.08 bits per heavy atom. The highest BCUT2D eigenvalue weighted by molar-refractivity contribution is 6.42. The molecule has 1 aliphatic heterocycles. The van der Waals surface area contributed by atoms with E-state index in [0.717, 1.165) is 0 Å². The van der Waals surface area contributed by atoms with E-state index in [9.17, 15) is 9.59 Å². The van der Waals surface area contributed by atoms with Crippen molar-refractivity contribution < 1.29 is 14.3 Å². The molecule has 8 heteroatoms. The summed E-state index contributed by atoms with van der Waals surface area (Å²) in [5.74, 6) is -1.48. The molecular formula is C17H14Cl2N2O4. The molecule has 25 heavy (non-hydrogen) atoms. The molecule has 0 amide bonds. The molecule has 0 radical (unpaired) electrons. The molecule has 2 heterocycles. The molecule has 0 saturated carbocycles. The number of pyridine rings is 1. The second kappa shape index (κ2) is 6.46. The van der Waals surface area contributed by atoms with Crippen LogP contribution in [0, 0.1) is 6.92 Å². The zero-order chi connectivity index (χ0) is 18.3. The lowest BCUT2D eigenvalue weighted by molar-refractivity contribution is -0.136. The summed E-state index contributed by atoms with van der Waals surface area (Å²) in [5.41, 5.74) is 6.80. The molecule has 0 aliphatic carbocycles. The van der Waals surface area contributed by atoms with Gasteiger partial charge in [-0.15, -0.1) is 0 Å². The van der Waals surface area contributed by atoms with Crippen LogP contribution in [0.3, 0.4) is 0 Å². The second-order valence-corrected chi connectivity index (χ2v) is 6.29. The first-order valence-electron chi connectivity index (χ1n) is 7.28. The van der Waals surface area contributed by atoms with E-state index < -0.39 is 17.4 Å². The highest BCUT2D eigenvalue weighted by atomic mass is 35.5. The Morgan fingerprint density at radius 1 is 1.36 bits per heavy atom. The maximum Gasteiger partial charge on any atom is 0.340 e. The van der Waals surface area contributed by atoms with Gasteiger partial charge in [0.05, 0.1) is 28.6 Å². The molecule has 0 fully saturated rings. The monoisotopic (exact) mass is 380 g/mol. The number of nitrogens with two attached hydrogens (primary N) is 1. The topological polar surface area (TPSA) is 94.4 Å². The summed E-state index contributed by atoms with van der Waals surface area (Å²) in [4.78, 5) is 27.6. The maximum atomic E-state index is 12.6. The summed E-state index contributed by atoms with van der Waals surface area (Å²) in [6.07, 6.45) is 0. The van der Waals surface area contributed by atoms with E-state index in [-0.39, 0.29) is 27.8 Å². The van der Waals surface area contributed by atoms with Crippen LogP contribution >= 0.6 is 23.2 Å². The summed E-state index contributed by atoms with van der Waals surface area (Å²) >= 11 is 12.4. The van der Waals surface area contributed by atoms with E-state index in [1.54, 1.807) is 31.2 Å². The molecule has 3 N–H and O–H groups in total. The van der Waals surface area contributed by atoms with Gasteiger partial charge in [0.2, 0.25) is 5.88 Å². The number of carbonyl (C=O) groups is 1. The molecule has 3 rings (SSSR count). The van der Waals surface area contributed by atoms with Gasteiger partial charge in [0.15, 0.2) is 0 Å². The van der Waals surface area contributed by atoms with Gasteiger partial charge in [-0.25, -0.2) is 4.79 Å². The first-order chi connectivity index (χ1) is 11.8. The number of hydrogen-bond acceptors (Lipinski definition) is 5. The normalized spacial score (nSPS) is 16.2. The van der Waals surface area contributed by atoms with Gasteiger partial charge in [-0.2, -0.15) is 0 Å². The van der Waals surface area contributed by atoms with Gasteiger partial charge < -0.3 is 20.2 Å². The summed E-state index contributed by atoms with van der Waals surface area (Å²) < 4.78 is 10.3. The molecule has 6 nitrogen and oxygen atoms in total. The standard InChI is InChI=1S/C17H14Cl2N2O4/c1-7-6-10-12(16(22)21-7)11(8-4-3-5-9(18)14(8)19)13(15(20)25-10)17(23)24-2/h3-6,11H,20H2,1-2H3,(H,21,22)/t11-/m1/s1. The van der Waals surface area contributed by atoms with Crippen molar-refractivity contribution >= 4 is 29.2 Å². The molecule has 1 atom stereocenters. The van der Waals surface area contributed by atoms with Crippen LogP contribution in [0.2, 0.25) is 10.0 Å². The predicted octanol–water partition coefficient (Wildman–Crippen LogP) is 2.86. The van der Waals surface area contributed by atoms with Gasteiger partial charge in [-0.3, -0.25) is 4.79 Å². The Morgan fingerprint density at radius 3 is 2.76 bits per heavy atom. The molecule has 2 aromatic rings. The van der Waals surface area contributed by atoms with Gasteiger partial charge in [-0.05, 0) is 18.6 Å². The summed E-state index contributed by atoms with van der Waals surface area (Å²) in [6.45, 7) is 1.71. The van der Waals surface area contributed by atoms with Crippen LogP contribution in [0.25, 0.3) is 0 Å². The zero-order valence-corrected chi connectivity index (χ0v) is 14.9. The number of hydrogen-bond donors (Lipinski definition) is 2. The van der Waals surface area contributed by atoms with Gasteiger partial charge in [0.25, 0.3) is 5.56 Å². The van der Waals surface area contributed by atoms with Crippen LogP contribution in [0.15, 0.2) is 40.5 Å². The van der Waals surface area contributed by atoms with Crippen molar-refractivity contribution in [3.05, 3.63) is 72.9 Å². The van der Waals surface area contributed by atoms with Crippen LogP contribution in [0.1, 0.15) is 22.7 Å². The molecule has 1 aliphatic rings. The quantitative estimate of drug-likeness (QED) is 0.781. The van der Waals surface area contributed by atoms with Gasteiger partial charge in [-0.1, -0.05) is 35.3 Å².